The van der Waals surface area contributed by atoms with E-state index in [4.69, 9.17) is 23.2 Å². The SMILES string of the molecule is Cc1cc(Cl)cc(C(=O)N=S(C(C)C)C(C)C)c1NC(=O)c1cc(C(F)F)nn1-c1ncccc1Cl. The molecule has 2 heterocycles. The first kappa shape index (κ1) is 27.9. The fourth-order valence-corrected chi connectivity index (χ4v) is 5.79. The Hall–Kier alpha value is -2.69. The minimum absolute atomic E-state index is 0.00764. The number of nitrogens with zero attached hydrogens (tertiary/aromatic N) is 4. The molecule has 12 heteroatoms. The molecule has 0 aliphatic heterocycles. The molecule has 0 spiro atoms. The number of nitrogens with one attached hydrogen (secondary N) is 1. The predicted molar refractivity (Wildman–Crippen MR) is 140 cm³/mol. The van der Waals surface area contributed by atoms with E-state index in [9.17, 15) is 18.4 Å². The molecule has 7 nitrogen and oxygen atoms in total. The van der Waals surface area contributed by atoms with Crippen molar-refractivity contribution in [3.05, 3.63) is 69.1 Å². The Labute approximate surface area is 220 Å². The van der Waals surface area contributed by atoms with Gasteiger partial charge >= 0.3 is 0 Å². The van der Waals surface area contributed by atoms with Crippen LogP contribution in [0, 0.1) is 6.92 Å². The van der Waals surface area contributed by atoms with Crippen LogP contribution in [0.4, 0.5) is 14.5 Å². The van der Waals surface area contributed by atoms with Crippen LogP contribution < -0.4 is 5.32 Å². The third-order valence-corrected chi connectivity index (χ3v) is 7.87. The first-order valence-electron chi connectivity index (χ1n) is 11.0. The van der Waals surface area contributed by atoms with Gasteiger partial charge in [-0.15, -0.1) is 0 Å². The van der Waals surface area contributed by atoms with Gasteiger partial charge in [0.15, 0.2) is 5.82 Å². The van der Waals surface area contributed by atoms with Crippen molar-refractivity contribution in [1.82, 2.24) is 14.8 Å². The molecule has 3 aromatic rings. The van der Waals surface area contributed by atoms with Gasteiger partial charge in [0.1, 0.15) is 11.4 Å². The fraction of sp³-hybridized carbons (Fsp3) is 0.333. The van der Waals surface area contributed by atoms with Crippen LogP contribution in [0.25, 0.3) is 5.82 Å². The van der Waals surface area contributed by atoms with E-state index in [1.165, 1.54) is 18.3 Å². The van der Waals surface area contributed by atoms with Crippen molar-refractivity contribution in [1.29, 1.82) is 0 Å². The summed E-state index contributed by atoms with van der Waals surface area (Å²) >= 11 is 12.4. The van der Waals surface area contributed by atoms with Gasteiger partial charge in [0.05, 0.1) is 16.3 Å². The number of anilines is 1. The summed E-state index contributed by atoms with van der Waals surface area (Å²) in [6.07, 6.45) is -1.53. The monoisotopic (exact) mass is 555 g/mol. The second-order valence-electron chi connectivity index (χ2n) is 8.42. The molecule has 0 aliphatic carbocycles. The summed E-state index contributed by atoms with van der Waals surface area (Å²) < 4.78 is 32.3. The molecule has 0 radical (unpaired) electrons. The molecule has 36 heavy (non-hydrogen) atoms. The van der Waals surface area contributed by atoms with E-state index in [0.29, 0.717) is 10.6 Å². The molecule has 0 aliphatic rings. The quantitative estimate of drug-likeness (QED) is 0.346. The van der Waals surface area contributed by atoms with E-state index < -0.39 is 34.6 Å². The highest BCUT2D eigenvalue weighted by molar-refractivity contribution is 7.88. The van der Waals surface area contributed by atoms with Crippen molar-refractivity contribution in [2.24, 2.45) is 4.36 Å². The lowest BCUT2D eigenvalue weighted by Crippen LogP contribution is -2.21. The molecule has 0 atom stereocenters. The Morgan fingerprint density at radius 2 is 1.78 bits per heavy atom. The molecule has 0 bridgehead atoms. The van der Waals surface area contributed by atoms with Crippen molar-refractivity contribution in [3.8, 4) is 5.82 Å². The standard InChI is InChI=1S/C24H25Cl2F2N5O2S/c1-12(2)36(13(3)4)32-23(34)16-10-15(25)9-14(5)20(16)30-24(35)19-11-18(21(27)28)31-33(19)22-17(26)7-6-8-29-22/h6-13,21H,1-5H3,(H,30,35). The molecule has 192 valence electrons. The second-order valence-corrected chi connectivity index (χ2v) is 12.0. The van der Waals surface area contributed by atoms with Crippen molar-refractivity contribution in [3.63, 3.8) is 0 Å². The average molecular weight is 556 g/mol. The number of halogens is 4. The summed E-state index contributed by atoms with van der Waals surface area (Å²) in [6.45, 7) is 9.60. The Bertz CT molecular complexity index is 1330. The van der Waals surface area contributed by atoms with Crippen molar-refractivity contribution >= 4 is 51.4 Å². The van der Waals surface area contributed by atoms with Crippen LogP contribution in [-0.2, 0) is 10.7 Å². The largest absolute Gasteiger partial charge is 0.320 e. The molecule has 0 unspecified atom stereocenters. The van der Waals surface area contributed by atoms with Crippen LogP contribution in [0.15, 0.2) is 40.9 Å². The van der Waals surface area contributed by atoms with E-state index in [1.54, 1.807) is 19.1 Å². The van der Waals surface area contributed by atoms with Crippen LogP contribution in [0.1, 0.15) is 66.2 Å². The predicted octanol–water partition coefficient (Wildman–Crippen LogP) is 6.83. The van der Waals surface area contributed by atoms with Gasteiger partial charge in [0.25, 0.3) is 18.2 Å². The number of aromatic nitrogens is 3. The molecule has 2 amide bonds. The third kappa shape index (κ3) is 6.16. The van der Waals surface area contributed by atoms with Crippen LogP contribution in [0.3, 0.4) is 0 Å². The average Bonchev–Trinajstić information content (AvgIpc) is 3.24. The minimum atomic E-state index is -2.93. The number of amides is 2. The lowest BCUT2D eigenvalue weighted by Gasteiger charge is -2.17. The van der Waals surface area contributed by atoms with E-state index in [0.717, 1.165) is 10.7 Å². The molecule has 0 fully saturated rings. The number of hydrogen-bond donors (Lipinski definition) is 1. The first-order chi connectivity index (χ1) is 16.9. The number of aryl methyl sites for hydroxylation is 1. The van der Waals surface area contributed by atoms with Crippen molar-refractivity contribution in [2.75, 3.05) is 5.32 Å². The molecule has 2 aromatic heterocycles. The number of hydrogen-bond acceptors (Lipinski definition) is 4. The summed E-state index contributed by atoms with van der Waals surface area (Å²) in [5.41, 5.74) is -0.0890. The Kier molecular flexibility index (Phi) is 8.97. The Morgan fingerprint density at radius 1 is 1.11 bits per heavy atom. The van der Waals surface area contributed by atoms with Gasteiger partial charge in [-0.05, 0) is 42.8 Å². The second kappa shape index (κ2) is 11.6. The molecule has 3 rings (SSSR count). The molecular weight excluding hydrogens is 531 g/mol. The number of rotatable bonds is 7. The smallest absolute Gasteiger partial charge is 0.285 e. The molecule has 1 aromatic carbocycles. The summed E-state index contributed by atoms with van der Waals surface area (Å²) in [7, 11) is -0.563. The first-order valence-corrected chi connectivity index (χ1v) is 13.1. The number of alkyl halides is 2. The normalized spacial score (nSPS) is 11.6. The third-order valence-electron chi connectivity index (χ3n) is 5.05. The Morgan fingerprint density at radius 3 is 2.36 bits per heavy atom. The van der Waals surface area contributed by atoms with Gasteiger partial charge in [0.2, 0.25) is 0 Å². The topological polar surface area (TPSA) is 89.2 Å². The van der Waals surface area contributed by atoms with Crippen LogP contribution in [0.2, 0.25) is 10.0 Å². The van der Waals surface area contributed by atoms with E-state index in [-0.39, 0.29) is 38.3 Å². The zero-order valence-corrected chi connectivity index (χ0v) is 22.5. The maximum absolute atomic E-state index is 13.5. The summed E-state index contributed by atoms with van der Waals surface area (Å²) in [5, 5.41) is 7.18. The minimum Gasteiger partial charge on any atom is -0.320 e. The van der Waals surface area contributed by atoms with Crippen molar-refractivity contribution in [2.45, 2.75) is 51.5 Å². The zero-order valence-electron chi connectivity index (χ0n) is 20.2. The number of carbonyl (C=O) groups is 2. The van der Waals surface area contributed by atoms with E-state index in [1.807, 2.05) is 27.7 Å². The van der Waals surface area contributed by atoms with Crippen LogP contribution in [-0.4, -0.2) is 37.1 Å². The lowest BCUT2D eigenvalue weighted by atomic mass is 10.1. The van der Waals surface area contributed by atoms with Gasteiger partial charge in [-0.25, -0.2) is 18.4 Å². The fourth-order valence-electron chi connectivity index (χ4n) is 3.52. The van der Waals surface area contributed by atoms with Gasteiger partial charge < -0.3 is 5.32 Å². The highest BCUT2D eigenvalue weighted by Gasteiger charge is 2.25. The number of benzene rings is 1. The van der Waals surface area contributed by atoms with Crippen LogP contribution >= 0.6 is 23.2 Å². The zero-order chi connectivity index (χ0) is 26.7. The molecule has 0 saturated carbocycles. The van der Waals surface area contributed by atoms with Gasteiger partial charge in [0, 0.05) is 21.7 Å². The summed E-state index contributed by atoms with van der Waals surface area (Å²) in [6, 6.07) is 7.02. The summed E-state index contributed by atoms with van der Waals surface area (Å²) in [4.78, 5) is 30.6. The van der Waals surface area contributed by atoms with Crippen molar-refractivity contribution < 1.29 is 18.4 Å². The van der Waals surface area contributed by atoms with E-state index >= 15 is 0 Å². The lowest BCUT2D eigenvalue weighted by molar-refractivity contribution is 0.101. The van der Waals surface area contributed by atoms with Gasteiger partial charge in [-0.3, -0.25) is 9.59 Å². The molecular formula is C24H25Cl2F2N5O2S. The Balaban J connectivity index is 2.09. The maximum atomic E-state index is 13.5. The highest BCUT2D eigenvalue weighted by atomic mass is 35.5. The molecule has 1 N–H and O–H groups in total. The highest BCUT2D eigenvalue weighted by Crippen LogP contribution is 2.29. The van der Waals surface area contributed by atoms with Crippen LogP contribution in [0.5, 0.6) is 0 Å². The van der Waals surface area contributed by atoms with Gasteiger partial charge in [-0.2, -0.15) is 9.46 Å². The summed E-state index contributed by atoms with van der Waals surface area (Å²) in [5.74, 6) is -1.31. The molecule has 0 saturated heterocycles. The van der Waals surface area contributed by atoms with E-state index in [2.05, 4.69) is 19.8 Å². The number of carbonyl (C=O) groups excluding carboxylic acids is 2. The number of pyridine rings is 1. The van der Waals surface area contributed by atoms with Gasteiger partial charge in [-0.1, -0.05) is 61.6 Å². The maximum Gasteiger partial charge on any atom is 0.285 e.